The van der Waals surface area contributed by atoms with Crippen LogP contribution in [0.15, 0.2) is 24.3 Å². The minimum absolute atomic E-state index is 0.0586. The molecule has 0 radical (unpaired) electrons. The fourth-order valence-corrected chi connectivity index (χ4v) is 3.29. The van der Waals surface area contributed by atoms with E-state index in [9.17, 15) is 13.6 Å². The van der Waals surface area contributed by atoms with Gasteiger partial charge in [-0.05, 0) is 57.1 Å². The van der Waals surface area contributed by atoms with Crippen molar-refractivity contribution >= 4 is 23.3 Å². The number of carbonyl (C=O) groups is 1. The Morgan fingerprint density at radius 3 is 2.81 bits per heavy atom. The summed E-state index contributed by atoms with van der Waals surface area (Å²) in [7, 11) is 0. The number of benzene rings is 1. The number of hydrogen-bond donors (Lipinski definition) is 2. The molecule has 1 fully saturated rings. The Hall–Kier alpha value is -2.19. The first kappa shape index (κ1) is 19.6. The zero-order valence-corrected chi connectivity index (χ0v) is 15.4. The molecule has 1 aliphatic rings. The van der Waals surface area contributed by atoms with E-state index in [4.69, 9.17) is 11.6 Å². The molecule has 1 saturated heterocycles. The summed E-state index contributed by atoms with van der Waals surface area (Å²) in [4.78, 5) is 14.4. The minimum atomic E-state index is -2.94. The van der Waals surface area contributed by atoms with Crippen LogP contribution in [-0.4, -0.2) is 47.3 Å². The molecule has 0 atom stereocenters. The third kappa shape index (κ3) is 5.64. The van der Waals surface area contributed by atoms with E-state index < -0.39 is 6.61 Å². The predicted octanol–water partition coefficient (Wildman–Crippen LogP) is 4.15. The lowest BCUT2D eigenvalue weighted by Crippen LogP contribution is -2.22. The van der Waals surface area contributed by atoms with Crippen LogP contribution in [-0.2, 0) is 4.79 Å². The van der Waals surface area contributed by atoms with Crippen LogP contribution in [0.5, 0.6) is 5.75 Å². The highest BCUT2D eigenvalue weighted by molar-refractivity contribution is 6.32. The van der Waals surface area contributed by atoms with E-state index in [-0.39, 0.29) is 16.7 Å². The number of likely N-dealkylation sites (tertiary alicyclic amines) is 1. The number of anilines is 1. The second-order valence-corrected chi connectivity index (χ2v) is 6.80. The van der Waals surface area contributed by atoms with Crippen molar-refractivity contribution in [3.8, 4) is 17.0 Å². The number of halogens is 3. The van der Waals surface area contributed by atoms with Gasteiger partial charge in [-0.15, -0.1) is 0 Å². The van der Waals surface area contributed by atoms with Gasteiger partial charge in [0.2, 0.25) is 5.91 Å². The molecule has 146 valence electrons. The quantitative estimate of drug-likeness (QED) is 0.701. The number of aromatic nitrogens is 2. The Balaban J connectivity index is 1.53. The van der Waals surface area contributed by atoms with E-state index in [1.54, 1.807) is 12.1 Å². The molecule has 1 aromatic carbocycles. The molecule has 2 heterocycles. The van der Waals surface area contributed by atoms with Gasteiger partial charge >= 0.3 is 6.61 Å². The number of rotatable bonds is 8. The molecular formula is C18H21ClF2N4O2. The first-order valence-corrected chi connectivity index (χ1v) is 9.21. The molecule has 1 aromatic heterocycles. The molecule has 2 N–H and O–H groups in total. The Kier molecular flexibility index (Phi) is 6.63. The summed E-state index contributed by atoms with van der Waals surface area (Å²) in [6, 6.07) is 6.07. The first-order valence-electron chi connectivity index (χ1n) is 8.83. The number of amides is 1. The van der Waals surface area contributed by atoms with Crippen molar-refractivity contribution in [1.29, 1.82) is 0 Å². The molecule has 0 aliphatic carbocycles. The van der Waals surface area contributed by atoms with E-state index in [0.29, 0.717) is 23.5 Å². The van der Waals surface area contributed by atoms with Crippen LogP contribution in [0.1, 0.15) is 25.7 Å². The monoisotopic (exact) mass is 398 g/mol. The number of H-pyrrole nitrogens is 1. The molecule has 3 rings (SSSR count). The van der Waals surface area contributed by atoms with Crippen LogP contribution in [0.3, 0.4) is 0 Å². The van der Waals surface area contributed by atoms with Crippen LogP contribution < -0.4 is 10.1 Å². The van der Waals surface area contributed by atoms with E-state index in [1.165, 1.54) is 25.0 Å². The van der Waals surface area contributed by atoms with Crippen molar-refractivity contribution in [2.75, 3.05) is 25.0 Å². The molecule has 27 heavy (non-hydrogen) atoms. The van der Waals surface area contributed by atoms with E-state index in [1.807, 2.05) is 0 Å². The predicted molar refractivity (Wildman–Crippen MR) is 99.2 cm³/mol. The molecule has 0 unspecified atom stereocenters. The van der Waals surface area contributed by atoms with Crippen LogP contribution in [0, 0.1) is 0 Å². The highest BCUT2D eigenvalue weighted by atomic mass is 35.5. The summed E-state index contributed by atoms with van der Waals surface area (Å²) in [5.41, 5.74) is 1.15. The Morgan fingerprint density at radius 1 is 1.33 bits per heavy atom. The second-order valence-electron chi connectivity index (χ2n) is 6.39. The molecule has 1 aliphatic heterocycles. The SMILES string of the molecule is O=C(CCCN1CCCC1)Nc1cc(-c2ccc(OC(F)F)c(Cl)c2)n[nH]1. The second kappa shape index (κ2) is 9.14. The van der Waals surface area contributed by atoms with E-state index in [2.05, 4.69) is 25.2 Å². The van der Waals surface area contributed by atoms with Gasteiger partial charge in [0.25, 0.3) is 0 Å². The molecular weight excluding hydrogens is 378 g/mol. The zero-order chi connectivity index (χ0) is 19.2. The highest BCUT2D eigenvalue weighted by Crippen LogP contribution is 2.31. The first-order chi connectivity index (χ1) is 13.0. The van der Waals surface area contributed by atoms with Gasteiger partial charge in [-0.1, -0.05) is 11.6 Å². The standard InChI is InChI=1S/C18H21ClF2N4O2/c19-13-10-12(5-6-15(13)27-18(20)21)14-11-16(24-23-14)22-17(26)4-3-9-25-7-1-2-8-25/h5-6,10-11,18H,1-4,7-9H2,(H2,22,23,24,26). The fourth-order valence-electron chi connectivity index (χ4n) is 3.07. The normalized spacial score (nSPS) is 14.7. The largest absolute Gasteiger partial charge is 0.433 e. The van der Waals surface area contributed by atoms with Crippen LogP contribution in [0.25, 0.3) is 11.3 Å². The summed E-state index contributed by atoms with van der Waals surface area (Å²) in [6.07, 6.45) is 3.73. The molecule has 1 amide bonds. The highest BCUT2D eigenvalue weighted by Gasteiger charge is 2.14. The lowest BCUT2D eigenvalue weighted by molar-refractivity contribution is -0.116. The van der Waals surface area contributed by atoms with Gasteiger partial charge in [-0.25, -0.2) is 0 Å². The lowest BCUT2D eigenvalue weighted by Gasteiger charge is -2.13. The number of ether oxygens (including phenoxy) is 1. The van der Waals surface area contributed by atoms with Crippen molar-refractivity contribution in [2.24, 2.45) is 0 Å². The maximum absolute atomic E-state index is 12.3. The molecule has 0 spiro atoms. The third-order valence-corrected chi connectivity index (χ3v) is 4.67. The Labute approximate surface area is 160 Å². The molecule has 2 aromatic rings. The number of hydrogen-bond acceptors (Lipinski definition) is 4. The number of nitrogens with zero attached hydrogens (tertiary/aromatic N) is 2. The van der Waals surface area contributed by atoms with Crippen molar-refractivity contribution in [2.45, 2.75) is 32.3 Å². The molecule has 0 bridgehead atoms. The number of carbonyl (C=O) groups excluding carboxylic acids is 1. The maximum atomic E-state index is 12.3. The topological polar surface area (TPSA) is 70.2 Å². The van der Waals surface area contributed by atoms with Crippen molar-refractivity contribution in [1.82, 2.24) is 15.1 Å². The lowest BCUT2D eigenvalue weighted by atomic mass is 10.1. The summed E-state index contributed by atoms with van der Waals surface area (Å²) < 4.78 is 28.9. The van der Waals surface area contributed by atoms with Crippen LogP contribution >= 0.6 is 11.6 Å². The van der Waals surface area contributed by atoms with Gasteiger partial charge < -0.3 is 15.0 Å². The van der Waals surface area contributed by atoms with Crippen molar-refractivity contribution in [3.05, 3.63) is 29.3 Å². The number of alkyl halides is 2. The summed E-state index contributed by atoms with van der Waals surface area (Å²) in [6.45, 7) is 0.239. The average Bonchev–Trinajstić information content (AvgIpc) is 3.28. The van der Waals surface area contributed by atoms with Crippen LogP contribution in [0.4, 0.5) is 14.6 Å². The van der Waals surface area contributed by atoms with Gasteiger partial charge in [-0.2, -0.15) is 13.9 Å². The number of aromatic amines is 1. The van der Waals surface area contributed by atoms with E-state index in [0.717, 1.165) is 26.1 Å². The van der Waals surface area contributed by atoms with Gasteiger partial charge in [-0.3, -0.25) is 9.89 Å². The number of nitrogens with one attached hydrogen (secondary N) is 2. The zero-order valence-electron chi connectivity index (χ0n) is 14.7. The maximum Gasteiger partial charge on any atom is 0.387 e. The third-order valence-electron chi connectivity index (χ3n) is 4.37. The summed E-state index contributed by atoms with van der Waals surface area (Å²) in [5.74, 6) is 0.292. The molecule has 9 heteroatoms. The Morgan fingerprint density at radius 2 is 2.11 bits per heavy atom. The van der Waals surface area contributed by atoms with Crippen LogP contribution in [0.2, 0.25) is 5.02 Å². The minimum Gasteiger partial charge on any atom is -0.433 e. The molecule has 6 nitrogen and oxygen atoms in total. The fraction of sp³-hybridized carbons (Fsp3) is 0.444. The Bertz CT molecular complexity index is 778. The average molecular weight is 399 g/mol. The molecule has 0 saturated carbocycles. The van der Waals surface area contributed by atoms with Gasteiger partial charge in [0.1, 0.15) is 11.6 Å². The summed E-state index contributed by atoms with van der Waals surface area (Å²) in [5, 5.41) is 9.70. The van der Waals surface area contributed by atoms with Gasteiger partial charge in [0, 0.05) is 18.1 Å². The van der Waals surface area contributed by atoms with Crippen molar-refractivity contribution in [3.63, 3.8) is 0 Å². The summed E-state index contributed by atoms with van der Waals surface area (Å²) >= 11 is 5.96. The van der Waals surface area contributed by atoms with Gasteiger partial charge in [0.05, 0.1) is 10.7 Å². The van der Waals surface area contributed by atoms with Gasteiger partial charge in [0.15, 0.2) is 0 Å². The smallest absolute Gasteiger partial charge is 0.387 e. The van der Waals surface area contributed by atoms with Crippen molar-refractivity contribution < 1.29 is 18.3 Å². The van der Waals surface area contributed by atoms with E-state index >= 15 is 0 Å².